The number of carbonyl (C=O) groups is 2. The third-order valence-electron chi connectivity index (χ3n) is 4.93. The average molecular weight is 435 g/mol. The van der Waals surface area contributed by atoms with Gasteiger partial charge >= 0.3 is 12.9 Å². The van der Waals surface area contributed by atoms with Crippen molar-refractivity contribution in [2.45, 2.75) is 38.9 Å². The summed E-state index contributed by atoms with van der Waals surface area (Å²) in [4.78, 5) is 25.0. The molecule has 2 aromatic rings. The molecule has 2 N–H and O–H groups in total. The quantitative estimate of drug-likeness (QED) is 0.445. The molecule has 31 heavy (non-hydrogen) atoms. The number of methoxy groups -OCH3 is 1. The lowest BCUT2D eigenvalue weighted by Crippen LogP contribution is -2.52. The van der Waals surface area contributed by atoms with Gasteiger partial charge in [0.25, 0.3) is 0 Å². The Bertz CT molecular complexity index is 859. The molecule has 0 bridgehead atoms. The van der Waals surface area contributed by atoms with Gasteiger partial charge in [0, 0.05) is 6.54 Å². The predicted octanol–water partition coefficient (Wildman–Crippen LogP) is 2.76. The Balaban J connectivity index is 2.14. The molecule has 168 valence electrons. The van der Waals surface area contributed by atoms with Crippen LogP contribution in [0.1, 0.15) is 25.0 Å². The second-order valence-electron chi connectivity index (χ2n) is 7.69. The molecule has 9 heteroatoms. The van der Waals surface area contributed by atoms with Gasteiger partial charge in [-0.25, -0.2) is 4.79 Å². The highest BCUT2D eigenvalue weighted by atomic mass is 19.4. The van der Waals surface area contributed by atoms with Crippen molar-refractivity contribution in [2.24, 2.45) is 5.92 Å². The van der Waals surface area contributed by atoms with E-state index in [4.69, 9.17) is 4.74 Å². The zero-order chi connectivity index (χ0) is 23.0. The first-order chi connectivity index (χ1) is 14.6. The van der Waals surface area contributed by atoms with Gasteiger partial charge in [-0.15, -0.1) is 5.46 Å². The number of ether oxygens (including phenoxy) is 1. The maximum Gasteiger partial charge on any atom is 0.509 e. The van der Waals surface area contributed by atoms with Crippen LogP contribution in [0.2, 0.25) is 0 Å². The highest BCUT2D eigenvalue weighted by molar-refractivity contribution is 6.73. The molecule has 1 amide bonds. The number of carbonyl (C=O) groups excluding carboxylic acids is 2. The first-order valence-electron chi connectivity index (χ1n) is 10.1. The summed E-state index contributed by atoms with van der Waals surface area (Å²) in [6.45, 7) is -1.26. The number of hydrogen-bond donors (Lipinski definition) is 2. The van der Waals surface area contributed by atoms with E-state index in [0.29, 0.717) is 12.0 Å². The van der Waals surface area contributed by atoms with Crippen molar-refractivity contribution >= 4 is 24.3 Å². The lowest BCUT2D eigenvalue weighted by atomic mass is 9.80. The lowest BCUT2D eigenvalue weighted by molar-refractivity contribution is -0.146. The molecule has 0 aliphatic carbocycles. The normalized spacial score (nSPS) is 13.5. The van der Waals surface area contributed by atoms with Gasteiger partial charge in [-0.2, -0.15) is 0 Å². The molecule has 0 aliphatic heterocycles. The summed E-state index contributed by atoms with van der Waals surface area (Å²) < 4.78 is 43.2. The van der Waals surface area contributed by atoms with E-state index in [1.807, 2.05) is 30.3 Å². The van der Waals surface area contributed by atoms with Crippen LogP contribution in [0, 0.1) is 5.92 Å². The second kappa shape index (κ2) is 11.0. The van der Waals surface area contributed by atoms with Crippen LogP contribution in [-0.4, -0.2) is 38.0 Å². The maximum atomic E-state index is 13.0. The van der Waals surface area contributed by atoms with Crippen LogP contribution in [0.15, 0.2) is 54.6 Å². The van der Waals surface area contributed by atoms with E-state index in [9.17, 15) is 22.5 Å². The van der Waals surface area contributed by atoms with Crippen molar-refractivity contribution in [3.05, 3.63) is 65.7 Å². The molecule has 2 atom stereocenters. The highest BCUT2D eigenvalue weighted by Crippen LogP contribution is 2.11. The number of halogens is 3. The number of amides is 1. The van der Waals surface area contributed by atoms with E-state index in [2.05, 4.69) is 10.6 Å². The van der Waals surface area contributed by atoms with E-state index in [-0.39, 0.29) is 18.4 Å². The topological polar surface area (TPSA) is 67.4 Å². The fourth-order valence-electron chi connectivity index (χ4n) is 3.08. The van der Waals surface area contributed by atoms with Crippen molar-refractivity contribution in [1.82, 2.24) is 10.6 Å². The zero-order valence-corrected chi connectivity index (χ0v) is 17.8. The standard InChI is InChI=1S/C22H27BF3N2O3/c1-15(2)20(22(30)31-3)28-21(29)19(13-16-7-5-4-6-8-16)27-14-17-9-11-18(12-10-17)23(24,25)26/h4-12,15,19-20,27H,13-14H2,1-3H3,(H,28,29)/q-1/t19-,20-/m0/s1. The summed E-state index contributed by atoms with van der Waals surface area (Å²) in [5, 5.41) is 5.83. The van der Waals surface area contributed by atoms with E-state index in [1.165, 1.54) is 19.2 Å². The lowest BCUT2D eigenvalue weighted by Gasteiger charge is -2.24. The van der Waals surface area contributed by atoms with Crippen molar-refractivity contribution < 1.29 is 27.3 Å². The Morgan fingerprint density at radius 3 is 2.10 bits per heavy atom. The summed E-state index contributed by atoms with van der Waals surface area (Å²) in [5.74, 6) is -1.10. The Morgan fingerprint density at radius 1 is 0.968 bits per heavy atom. The molecule has 0 aromatic heterocycles. The molecule has 5 nitrogen and oxygen atoms in total. The number of hydrogen-bond acceptors (Lipinski definition) is 4. The zero-order valence-electron chi connectivity index (χ0n) is 17.8. The fraction of sp³-hybridized carbons (Fsp3) is 0.364. The van der Waals surface area contributed by atoms with Crippen LogP contribution in [0.3, 0.4) is 0 Å². The molecule has 0 aliphatic rings. The van der Waals surface area contributed by atoms with Crippen molar-refractivity contribution in [3.8, 4) is 0 Å². The van der Waals surface area contributed by atoms with Gasteiger partial charge in [0.15, 0.2) is 0 Å². The van der Waals surface area contributed by atoms with Crippen LogP contribution in [-0.2, 0) is 27.3 Å². The number of benzene rings is 2. The van der Waals surface area contributed by atoms with E-state index < -0.39 is 30.5 Å². The van der Waals surface area contributed by atoms with Gasteiger partial charge in [-0.05, 0) is 23.5 Å². The van der Waals surface area contributed by atoms with E-state index in [1.54, 1.807) is 13.8 Å². The van der Waals surface area contributed by atoms with Crippen molar-refractivity contribution in [3.63, 3.8) is 0 Å². The maximum absolute atomic E-state index is 13.0. The largest absolute Gasteiger partial charge is 0.509 e. The molecular formula is C22H27BF3N2O3-. The van der Waals surface area contributed by atoms with Gasteiger partial charge < -0.3 is 28.3 Å². The first kappa shape index (κ1) is 24.5. The second-order valence-corrected chi connectivity index (χ2v) is 7.69. The van der Waals surface area contributed by atoms with Crippen molar-refractivity contribution in [2.75, 3.05) is 7.11 Å². The van der Waals surface area contributed by atoms with Crippen LogP contribution < -0.4 is 16.1 Å². The smallest absolute Gasteiger partial charge is 0.467 e. The van der Waals surface area contributed by atoms with Gasteiger partial charge in [0.2, 0.25) is 5.91 Å². The van der Waals surface area contributed by atoms with Crippen LogP contribution >= 0.6 is 0 Å². The minimum absolute atomic E-state index is 0.175. The number of nitrogens with one attached hydrogen (secondary N) is 2. The minimum atomic E-state index is -5.05. The number of esters is 1. The summed E-state index contributed by atoms with van der Waals surface area (Å²) in [5.41, 5.74) is 0.854. The van der Waals surface area contributed by atoms with Gasteiger partial charge in [0.05, 0.1) is 13.2 Å². The minimum Gasteiger partial charge on any atom is -0.467 e. The highest BCUT2D eigenvalue weighted by Gasteiger charge is 2.29. The first-order valence-corrected chi connectivity index (χ1v) is 10.1. The molecule has 0 heterocycles. The Hall–Kier alpha value is -2.81. The summed E-state index contributed by atoms with van der Waals surface area (Å²) in [6.07, 6.45) is 0.350. The fourth-order valence-corrected chi connectivity index (χ4v) is 3.08. The summed E-state index contributed by atoms with van der Waals surface area (Å²) in [6, 6.07) is 12.7. The molecule has 2 rings (SSSR count). The third kappa shape index (κ3) is 7.43. The van der Waals surface area contributed by atoms with Gasteiger partial charge in [-0.1, -0.05) is 68.4 Å². The molecule has 2 aromatic carbocycles. The Morgan fingerprint density at radius 2 is 1.58 bits per heavy atom. The molecule has 0 fully saturated rings. The molecule has 0 spiro atoms. The van der Waals surface area contributed by atoms with Crippen molar-refractivity contribution in [1.29, 1.82) is 0 Å². The molecule has 0 unspecified atom stereocenters. The Labute approximate surface area is 180 Å². The van der Waals surface area contributed by atoms with E-state index >= 15 is 0 Å². The SMILES string of the molecule is COC(=O)[C@@H](NC(=O)[C@H](Cc1ccccc1)NCc1ccc([B-](F)(F)F)cc1)C(C)C. The molecule has 0 radical (unpaired) electrons. The molecule has 0 saturated heterocycles. The van der Waals surface area contributed by atoms with E-state index in [0.717, 1.165) is 17.7 Å². The molecular weight excluding hydrogens is 408 g/mol. The summed E-state index contributed by atoms with van der Waals surface area (Å²) in [7, 11) is 1.26. The molecule has 0 saturated carbocycles. The summed E-state index contributed by atoms with van der Waals surface area (Å²) >= 11 is 0. The van der Waals surface area contributed by atoms with Gasteiger partial charge in [0.1, 0.15) is 6.04 Å². The Kier molecular flexibility index (Phi) is 8.68. The van der Waals surface area contributed by atoms with Crippen LogP contribution in [0.4, 0.5) is 12.9 Å². The van der Waals surface area contributed by atoms with Crippen LogP contribution in [0.25, 0.3) is 0 Å². The van der Waals surface area contributed by atoms with Crippen LogP contribution in [0.5, 0.6) is 0 Å². The third-order valence-corrected chi connectivity index (χ3v) is 4.93. The predicted molar refractivity (Wildman–Crippen MR) is 115 cm³/mol. The monoisotopic (exact) mass is 435 g/mol. The average Bonchev–Trinajstić information content (AvgIpc) is 2.74. The number of rotatable bonds is 10. The van der Waals surface area contributed by atoms with Gasteiger partial charge in [-0.3, -0.25) is 4.79 Å².